The van der Waals surface area contributed by atoms with Gasteiger partial charge in [0.05, 0.1) is 11.5 Å². The molecule has 2 heterocycles. The number of benzene rings is 1. The molecule has 0 aliphatic carbocycles. The maximum absolute atomic E-state index is 13.7. The number of nitrogens with zero attached hydrogens (tertiary/aromatic N) is 3. The molecule has 0 saturated carbocycles. The monoisotopic (exact) mass is 446 g/mol. The van der Waals surface area contributed by atoms with Crippen molar-refractivity contribution in [1.82, 2.24) is 9.47 Å². The first-order chi connectivity index (χ1) is 14.3. The summed E-state index contributed by atoms with van der Waals surface area (Å²) >= 11 is 12.5. The van der Waals surface area contributed by atoms with Crippen LogP contribution in [0.2, 0.25) is 10.0 Å². The molecule has 1 atom stereocenters. The first-order valence-electron chi connectivity index (χ1n) is 9.72. The van der Waals surface area contributed by atoms with Crippen molar-refractivity contribution >= 4 is 23.2 Å². The maximum Gasteiger partial charge on any atom is 0.258 e. The summed E-state index contributed by atoms with van der Waals surface area (Å²) in [6.07, 6.45) is 1.60. The summed E-state index contributed by atoms with van der Waals surface area (Å²) in [5, 5.41) is 10.6. The Morgan fingerprint density at radius 2 is 2.03 bits per heavy atom. The third kappa shape index (κ3) is 4.20. The standard InChI is InChI=1S/C22H24Cl2N4O2/c1-4-5-14-11-18-20(22(29)28(14)9-8-27(2)3)19(16(12-25)21(26)30-18)15-7-6-13(23)10-17(15)24/h6-7,10-11,19H,4-5,8-9,26H2,1-3H3. The zero-order chi connectivity index (χ0) is 22.0. The molecule has 0 radical (unpaired) electrons. The lowest BCUT2D eigenvalue weighted by atomic mass is 9.84. The van der Waals surface area contributed by atoms with E-state index < -0.39 is 5.92 Å². The third-order valence-corrected chi connectivity index (χ3v) is 5.68. The van der Waals surface area contributed by atoms with Crippen LogP contribution in [0.1, 0.15) is 36.1 Å². The van der Waals surface area contributed by atoms with Gasteiger partial charge in [-0.05, 0) is 38.2 Å². The summed E-state index contributed by atoms with van der Waals surface area (Å²) in [4.78, 5) is 15.7. The molecule has 0 bridgehead atoms. The zero-order valence-electron chi connectivity index (χ0n) is 17.2. The highest BCUT2D eigenvalue weighted by Crippen LogP contribution is 2.43. The number of nitrogens with two attached hydrogens (primary N) is 1. The summed E-state index contributed by atoms with van der Waals surface area (Å²) in [6, 6.07) is 8.95. The molecule has 0 saturated heterocycles. The number of hydrogen-bond donors (Lipinski definition) is 1. The number of hydrogen-bond acceptors (Lipinski definition) is 5. The second-order valence-electron chi connectivity index (χ2n) is 7.51. The van der Waals surface area contributed by atoms with Crippen LogP contribution in [0, 0.1) is 11.3 Å². The lowest BCUT2D eigenvalue weighted by Gasteiger charge is -2.28. The fourth-order valence-electron chi connectivity index (χ4n) is 3.67. The van der Waals surface area contributed by atoms with Crippen molar-refractivity contribution in [3.63, 3.8) is 0 Å². The Morgan fingerprint density at radius 3 is 2.63 bits per heavy atom. The van der Waals surface area contributed by atoms with Crippen molar-refractivity contribution < 1.29 is 4.74 Å². The average molecular weight is 447 g/mol. The van der Waals surface area contributed by atoms with Crippen molar-refractivity contribution in [1.29, 1.82) is 5.26 Å². The van der Waals surface area contributed by atoms with Gasteiger partial charge in [-0.15, -0.1) is 0 Å². The lowest BCUT2D eigenvalue weighted by molar-refractivity contribution is 0.367. The van der Waals surface area contributed by atoms with Gasteiger partial charge in [0, 0.05) is 34.9 Å². The molecular weight excluding hydrogens is 423 g/mol. The summed E-state index contributed by atoms with van der Waals surface area (Å²) in [5.74, 6) is -0.372. The van der Waals surface area contributed by atoms with Crippen LogP contribution in [0.3, 0.4) is 0 Å². The molecule has 1 aromatic heterocycles. The molecule has 0 spiro atoms. The van der Waals surface area contributed by atoms with Crippen LogP contribution in [0.25, 0.3) is 0 Å². The van der Waals surface area contributed by atoms with E-state index in [1.807, 2.05) is 25.1 Å². The zero-order valence-corrected chi connectivity index (χ0v) is 18.7. The van der Waals surface area contributed by atoms with Gasteiger partial charge >= 0.3 is 0 Å². The molecule has 6 nitrogen and oxygen atoms in total. The predicted molar refractivity (Wildman–Crippen MR) is 119 cm³/mol. The summed E-state index contributed by atoms with van der Waals surface area (Å²) < 4.78 is 7.50. The van der Waals surface area contributed by atoms with E-state index in [1.165, 1.54) is 0 Å². The van der Waals surface area contributed by atoms with Crippen molar-refractivity contribution in [2.75, 3.05) is 20.6 Å². The van der Waals surface area contributed by atoms with Crippen LogP contribution in [-0.4, -0.2) is 30.1 Å². The molecular formula is C22H24Cl2N4O2. The molecule has 2 N–H and O–H groups in total. The molecule has 0 fully saturated rings. The highest BCUT2D eigenvalue weighted by molar-refractivity contribution is 6.35. The van der Waals surface area contributed by atoms with E-state index in [1.54, 1.807) is 22.8 Å². The van der Waals surface area contributed by atoms with Gasteiger partial charge in [-0.2, -0.15) is 5.26 Å². The fraction of sp³-hybridized carbons (Fsp3) is 0.364. The SMILES string of the molecule is CCCc1cc2c(c(=O)n1CCN(C)C)C(c1ccc(Cl)cc1Cl)C(C#N)=C(N)O2. The minimum atomic E-state index is -0.725. The van der Waals surface area contributed by atoms with Gasteiger partial charge in [-0.25, -0.2) is 0 Å². The second kappa shape index (κ2) is 9.13. The third-order valence-electron chi connectivity index (χ3n) is 5.12. The van der Waals surface area contributed by atoms with Crippen molar-refractivity contribution in [2.45, 2.75) is 32.2 Å². The number of fused-ring (bicyclic) bond motifs is 1. The normalized spacial score (nSPS) is 15.7. The Morgan fingerprint density at radius 1 is 1.30 bits per heavy atom. The molecule has 158 valence electrons. The van der Waals surface area contributed by atoms with E-state index in [2.05, 4.69) is 13.0 Å². The van der Waals surface area contributed by atoms with E-state index in [4.69, 9.17) is 33.7 Å². The first kappa shape index (κ1) is 22.2. The topological polar surface area (TPSA) is 84.3 Å². The van der Waals surface area contributed by atoms with Crippen molar-refractivity contribution in [2.24, 2.45) is 5.73 Å². The summed E-state index contributed by atoms with van der Waals surface area (Å²) in [6.45, 7) is 3.28. The second-order valence-corrected chi connectivity index (χ2v) is 8.36. The van der Waals surface area contributed by atoms with Crippen molar-refractivity contribution in [3.05, 3.63) is 72.9 Å². The van der Waals surface area contributed by atoms with E-state index in [0.29, 0.717) is 40.0 Å². The Hall–Kier alpha value is -2.46. The van der Waals surface area contributed by atoms with E-state index in [9.17, 15) is 10.1 Å². The summed E-state index contributed by atoms with van der Waals surface area (Å²) in [5.41, 5.74) is 7.86. The molecule has 1 aliphatic heterocycles. The first-order valence-corrected chi connectivity index (χ1v) is 10.5. The van der Waals surface area contributed by atoms with Crippen LogP contribution in [0.4, 0.5) is 0 Å². The molecule has 3 rings (SSSR count). The number of nitriles is 1. The highest BCUT2D eigenvalue weighted by atomic mass is 35.5. The van der Waals surface area contributed by atoms with Gasteiger partial charge in [0.1, 0.15) is 17.4 Å². The fourth-order valence-corrected chi connectivity index (χ4v) is 4.19. The number of pyridine rings is 1. The Kier molecular flexibility index (Phi) is 6.77. The molecule has 1 unspecified atom stereocenters. The minimum Gasteiger partial charge on any atom is -0.440 e. The Labute approximate surface area is 186 Å². The van der Waals surface area contributed by atoms with E-state index >= 15 is 0 Å². The van der Waals surface area contributed by atoms with Gasteiger partial charge in [-0.1, -0.05) is 42.6 Å². The minimum absolute atomic E-state index is 0.0195. The molecule has 2 aromatic rings. The van der Waals surface area contributed by atoms with Gasteiger partial charge in [-0.3, -0.25) is 4.79 Å². The smallest absolute Gasteiger partial charge is 0.258 e. The largest absolute Gasteiger partial charge is 0.440 e. The van der Waals surface area contributed by atoms with E-state index in [-0.39, 0.29) is 17.0 Å². The predicted octanol–water partition coefficient (Wildman–Crippen LogP) is 3.89. The van der Waals surface area contributed by atoms with Gasteiger partial charge in [0.15, 0.2) is 0 Å². The lowest BCUT2D eigenvalue weighted by Crippen LogP contribution is -2.35. The van der Waals surface area contributed by atoms with Crippen molar-refractivity contribution in [3.8, 4) is 11.8 Å². The highest BCUT2D eigenvalue weighted by Gasteiger charge is 2.35. The molecule has 30 heavy (non-hydrogen) atoms. The quantitative estimate of drug-likeness (QED) is 0.727. The summed E-state index contributed by atoms with van der Waals surface area (Å²) in [7, 11) is 3.92. The Balaban J connectivity index is 2.29. The van der Waals surface area contributed by atoms with Crippen LogP contribution >= 0.6 is 23.2 Å². The van der Waals surface area contributed by atoms with Crippen LogP contribution < -0.4 is 16.0 Å². The van der Waals surface area contributed by atoms with Crippen LogP contribution in [0.15, 0.2) is 40.5 Å². The number of halogens is 2. The van der Waals surface area contributed by atoms with E-state index in [0.717, 1.165) is 18.5 Å². The number of ether oxygens (including phenoxy) is 1. The average Bonchev–Trinajstić information content (AvgIpc) is 2.67. The van der Waals surface area contributed by atoms with Crippen LogP contribution in [-0.2, 0) is 13.0 Å². The van der Waals surface area contributed by atoms with Gasteiger partial charge in [0.2, 0.25) is 5.88 Å². The number of rotatable bonds is 6. The van der Waals surface area contributed by atoms with Gasteiger partial charge in [0.25, 0.3) is 5.56 Å². The molecule has 8 heteroatoms. The number of aryl methyl sites for hydroxylation is 1. The number of allylic oxidation sites excluding steroid dienone is 1. The molecule has 1 aliphatic rings. The van der Waals surface area contributed by atoms with Crippen LogP contribution in [0.5, 0.6) is 5.75 Å². The van der Waals surface area contributed by atoms with Gasteiger partial charge < -0.3 is 19.9 Å². The number of aromatic nitrogens is 1. The Bertz CT molecular complexity index is 1100. The number of likely N-dealkylation sites (N-methyl/N-ethyl adjacent to an activating group) is 1. The molecule has 0 amide bonds. The molecule has 1 aromatic carbocycles. The maximum atomic E-state index is 13.7.